The Morgan fingerprint density at radius 1 is 1.21 bits per heavy atom. The fourth-order valence-electron chi connectivity index (χ4n) is 3.38. The van der Waals surface area contributed by atoms with Crippen LogP contribution in [0.2, 0.25) is 0 Å². The minimum absolute atomic E-state index is 0.0486. The molecule has 28 heavy (non-hydrogen) atoms. The van der Waals surface area contributed by atoms with Gasteiger partial charge in [-0.05, 0) is 49.7 Å². The predicted octanol–water partition coefficient (Wildman–Crippen LogP) is 2.79. The Bertz CT molecular complexity index is 1090. The van der Waals surface area contributed by atoms with Crippen molar-refractivity contribution in [3.05, 3.63) is 64.9 Å². The first-order valence-corrected chi connectivity index (χ1v) is 8.49. The van der Waals surface area contributed by atoms with Crippen molar-refractivity contribution in [2.45, 2.75) is 19.8 Å². The van der Waals surface area contributed by atoms with E-state index in [1.807, 2.05) is 0 Å². The van der Waals surface area contributed by atoms with E-state index in [9.17, 15) is 23.5 Å². The van der Waals surface area contributed by atoms with Gasteiger partial charge in [0.1, 0.15) is 12.5 Å². The highest BCUT2D eigenvalue weighted by atomic mass is 19.1. The standard InChI is InChI=1S/C20H18F2N2O4/c1-10(19(27)23-9-25)16-11(2)24(14-6-7-15(26)18(22)17(14)16)20(28)12-4-3-5-13(21)8-12/h3-8,10,25-26H,9H2,1-2H3,(H,23,27)/t10-/m0/s1. The van der Waals surface area contributed by atoms with Crippen LogP contribution >= 0.6 is 0 Å². The van der Waals surface area contributed by atoms with Gasteiger partial charge in [-0.15, -0.1) is 0 Å². The fourth-order valence-corrected chi connectivity index (χ4v) is 3.38. The highest BCUT2D eigenvalue weighted by molar-refractivity contribution is 6.05. The number of rotatable bonds is 4. The Balaban J connectivity index is 2.30. The number of hydrogen-bond acceptors (Lipinski definition) is 4. The average molecular weight is 388 g/mol. The first-order chi connectivity index (χ1) is 13.3. The van der Waals surface area contributed by atoms with Crippen molar-refractivity contribution < 1.29 is 28.6 Å². The summed E-state index contributed by atoms with van der Waals surface area (Å²) in [5.74, 6) is -4.30. The van der Waals surface area contributed by atoms with Crippen LogP contribution in [-0.2, 0) is 4.79 Å². The van der Waals surface area contributed by atoms with Crippen molar-refractivity contribution in [1.82, 2.24) is 9.88 Å². The maximum atomic E-state index is 14.8. The number of halogens is 2. The van der Waals surface area contributed by atoms with E-state index >= 15 is 0 Å². The second kappa shape index (κ2) is 7.40. The van der Waals surface area contributed by atoms with Gasteiger partial charge in [0.05, 0.1) is 11.4 Å². The summed E-state index contributed by atoms with van der Waals surface area (Å²) >= 11 is 0. The molecule has 0 fully saturated rings. The maximum Gasteiger partial charge on any atom is 0.262 e. The summed E-state index contributed by atoms with van der Waals surface area (Å²) in [6, 6.07) is 7.53. The lowest BCUT2D eigenvalue weighted by molar-refractivity contribution is -0.123. The van der Waals surface area contributed by atoms with Crippen LogP contribution in [0.15, 0.2) is 36.4 Å². The van der Waals surface area contributed by atoms with Gasteiger partial charge in [0.25, 0.3) is 5.91 Å². The summed E-state index contributed by atoms with van der Waals surface area (Å²) in [5, 5.41) is 20.9. The zero-order chi connectivity index (χ0) is 20.6. The smallest absolute Gasteiger partial charge is 0.262 e. The van der Waals surface area contributed by atoms with Crippen LogP contribution in [-0.4, -0.2) is 33.3 Å². The number of nitrogens with zero attached hydrogens (tertiary/aromatic N) is 1. The largest absolute Gasteiger partial charge is 0.505 e. The number of aliphatic hydroxyl groups excluding tert-OH is 1. The van der Waals surface area contributed by atoms with E-state index in [1.54, 1.807) is 0 Å². The second-order valence-electron chi connectivity index (χ2n) is 6.36. The first kappa shape index (κ1) is 19.5. The molecule has 6 nitrogen and oxygen atoms in total. The van der Waals surface area contributed by atoms with Crippen molar-refractivity contribution in [1.29, 1.82) is 0 Å². The van der Waals surface area contributed by atoms with Gasteiger partial charge in [0.2, 0.25) is 5.91 Å². The highest BCUT2D eigenvalue weighted by Crippen LogP contribution is 2.37. The van der Waals surface area contributed by atoms with E-state index < -0.39 is 41.8 Å². The summed E-state index contributed by atoms with van der Waals surface area (Å²) in [4.78, 5) is 25.3. The fraction of sp³-hybridized carbons (Fsp3) is 0.200. The molecule has 0 aliphatic rings. The number of carbonyl (C=O) groups is 2. The van der Waals surface area contributed by atoms with Crippen LogP contribution in [0.1, 0.15) is 34.5 Å². The molecule has 0 spiro atoms. The van der Waals surface area contributed by atoms with Crippen molar-refractivity contribution in [2.24, 2.45) is 0 Å². The lowest BCUT2D eigenvalue weighted by atomic mass is 9.96. The third kappa shape index (κ3) is 3.11. The van der Waals surface area contributed by atoms with Crippen LogP contribution in [0.5, 0.6) is 5.75 Å². The predicted molar refractivity (Wildman–Crippen MR) is 98.1 cm³/mol. The number of phenolic OH excluding ortho intramolecular Hbond substituents is 1. The van der Waals surface area contributed by atoms with E-state index in [4.69, 9.17) is 5.11 Å². The van der Waals surface area contributed by atoms with Crippen molar-refractivity contribution in [2.75, 3.05) is 6.73 Å². The van der Waals surface area contributed by atoms with Gasteiger partial charge in [-0.1, -0.05) is 6.07 Å². The molecule has 1 amide bonds. The molecule has 0 radical (unpaired) electrons. The normalized spacial score (nSPS) is 12.2. The van der Waals surface area contributed by atoms with E-state index in [-0.39, 0.29) is 27.7 Å². The SMILES string of the molecule is Cc1c([C@H](C)C(=O)NCO)c2c(F)c(O)ccc2n1C(=O)c1cccc(F)c1. The number of carbonyl (C=O) groups excluding carboxylic acids is 2. The molecule has 146 valence electrons. The zero-order valence-electron chi connectivity index (χ0n) is 15.2. The Labute approximate surface area is 159 Å². The van der Waals surface area contributed by atoms with Crippen molar-refractivity contribution >= 4 is 22.7 Å². The Morgan fingerprint density at radius 2 is 1.93 bits per heavy atom. The second-order valence-corrected chi connectivity index (χ2v) is 6.36. The minimum atomic E-state index is -0.968. The Hall–Kier alpha value is -3.26. The minimum Gasteiger partial charge on any atom is -0.505 e. The maximum absolute atomic E-state index is 14.8. The molecule has 8 heteroatoms. The number of phenols is 1. The number of aliphatic hydroxyl groups is 1. The van der Waals surface area contributed by atoms with Crippen LogP contribution < -0.4 is 5.32 Å². The number of aromatic nitrogens is 1. The monoisotopic (exact) mass is 388 g/mol. The number of hydrogen-bond donors (Lipinski definition) is 3. The number of nitrogens with one attached hydrogen (secondary N) is 1. The first-order valence-electron chi connectivity index (χ1n) is 8.49. The zero-order valence-corrected chi connectivity index (χ0v) is 15.2. The molecule has 0 saturated carbocycles. The van der Waals surface area contributed by atoms with Crippen molar-refractivity contribution in [3.63, 3.8) is 0 Å². The molecule has 1 atom stereocenters. The molecule has 1 aromatic heterocycles. The van der Waals surface area contributed by atoms with Gasteiger partial charge >= 0.3 is 0 Å². The highest BCUT2D eigenvalue weighted by Gasteiger charge is 2.29. The van der Waals surface area contributed by atoms with E-state index in [0.29, 0.717) is 0 Å². The van der Waals surface area contributed by atoms with E-state index in [0.717, 1.165) is 12.1 Å². The lowest BCUT2D eigenvalue weighted by Crippen LogP contribution is -2.29. The molecule has 0 saturated heterocycles. The average Bonchev–Trinajstić information content (AvgIpc) is 2.96. The summed E-state index contributed by atoms with van der Waals surface area (Å²) in [6.45, 7) is 2.43. The summed E-state index contributed by atoms with van der Waals surface area (Å²) in [6.07, 6.45) is 0. The van der Waals surface area contributed by atoms with Crippen LogP contribution in [0, 0.1) is 18.6 Å². The summed E-state index contributed by atoms with van der Waals surface area (Å²) in [7, 11) is 0. The third-order valence-corrected chi connectivity index (χ3v) is 4.69. The van der Waals surface area contributed by atoms with Crippen molar-refractivity contribution in [3.8, 4) is 5.75 Å². The molecule has 0 unspecified atom stereocenters. The molecule has 2 aromatic carbocycles. The van der Waals surface area contributed by atoms with E-state index in [2.05, 4.69) is 5.32 Å². The lowest BCUT2D eigenvalue weighted by Gasteiger charge is -2.13. The molecule has 3 rings (SSSR count). The molecule has 1 heterocycles. The molecular formula is C20H18F2N2O4. The number of benzene rings is 2. The van der Waals surface area contributed by atoms with Gasteiger partial charge in [-0.2, -0.15) is 0 Å². The van der Waals surface area contributed by atoms with Crippen LogP contribution in [0.4, 0.5) is 8.78 Å². The quantitative estimate of drug-likeness (QED) is 0.600. The van der Waals surface area contributed by atoms with Gasteiger partial charge in [0, 0.05) is 16.6 Å². The molecule has 0 aliphatic carbocycles. The molecule has 0 bridgehead atoms. The Kier molecular flexibility index (Phi) is 5.15. The van der Waals surface area contributed by atoms with Gasteiger partial charge in [-0.25, -0.2) is 8.78 Å². The van der Waals surface area contributed by atoms with Gasteiger partial charge in [-0.3, -0.25) is 14.2 Å². The van der Waals surface area contributed by atoms with Gasteiger partial charge < -0.3 is 15.5 Å². The molecule has 3 aromatic rings. The molecule has 3 N–H and O–H groups in total. The topological polar surface area (TPSA) is 91.6 Å². The number of amides is 1. The van der Waals surface area contributed by atoms with Crippen LogP contribution in [0.3, 0.4) is 0 Å². The molecule has 0 aliphatic heterocycles. The van der Waals surface area contributed by atoms with Crippen LogP contribution in [0.25, 0.3) is 10.9 Å². The summed E-state index contributed by atoms with van der Waals surface area (Å²) < 4.78 is 29.5. The van der Waals surface area contributed by atoms with Gasteiger partial charge in [0.15, 0.2) is 11.6 Å². The number of aromatic hydroxyl groups is 1. The third-order valence-electron chi connectivity index (χ3n) is 4.69. The number of fused-ring (bicyclic) bond motifs is 1. The summed E-state index contributed by atoms with van der Waals surface area (Å²) in [5.41, 5.74) is 0.654. The van der Waals surface area contributed by atoms with E-state index in [1.165, 1.54) is 42.7 Å². The molecular weight excluding hydrogens is 370 g/mol. The Morgan fingerprint density at radius 3 is 2.57 bits per heavy atom.